The van der Waals surface area contributed by atoms with E-state index < -0.39 is 0 Å². The van der Waals surface area contributed by atoms with Gasteiger partial charge in [0, 0.05) is 31.3 Å². The highest BCUT2D eigenvalue weighted by atomic mass is 16.5. The summed E-state index contributed by atoms with van der Waals surface area (Å²) in [4.78, 5) is 11.5. The summed E-state index contributed by atoms with van der Waals surface area (Å²) in [5.74, 6) is 2.31. The maximum atomic E-state index is 5.95. The van der Waals surface area contributed by atoms with Crippen molar-refractivity contribution in [3.63, 3.8) is 0 Å². The van der Waals surface area contributed by atoms with Gasteiger partial charge >= 0.3 is 0 Å². The monoisotopic (exact) mass is 345 g/mol. The summed E-state index contributed by atoms with van der Waals surface area (Å²) in [6, 6.07) is 4.44. The fraction of sp³-hybridized carbons (Fsp3) is 0.611. The van der Waals surface area contributed by atoms with E-state index in [1.54, 1.807) is 0 Å². The minimum absolute atomic E-state index is 0.0182. The summed E-state index contributed by atoms with van der Waals surface area (Å²) in [7, 11) is 0. The van der Waals surface area contributed by atoms with E-state index in [0.717, 1.165) is 54.9 Å². The third-order valence-electron chi connectivity index (χ3n) is 4.43. The molecule has 2 aromatic heterocycles. The highest BCUT2D eigenvalue weighted by Gasteiger charge is 2.25. The lowest BCUT2D eigenvalue weighted by Gasteiger charge is -2.35. The van der Waals surface area contributed by atoms with Gasteiger partial charge in [-0.25, -0.2) is 9.97 Å². The Hall–Kier alpha value is -1.99. The number of ether oxygens (including phenoxy) is 1. The number of nitrogens with one attached hydrogen (secondary N) is 1. The first kappa shape index (κ1) is 17.8. The molecule has 0 aliphatic carbocycles. The number of aromatic nitrogens is 3. The third kappa shape index (κ3) is 4.55. The smallest absolute Gasteiger partial charge is 0.156 e. The van der Waals surface area contributed by atoms with Crippen molar-refractivity contribution in [1.82, 2.24) is 20.0 Å². The average molecular weight is 345 g/mol. The maximum absolute atomic E-state index is 5.95. The number of anilines is 1. The lowest BCUT2D eigenvalue weighted by molar-refractivity contribution is -0.0422. The van der Waals surface area contributed by atoms with Crippen LogP contribution in [-0.4, -0.2) is 45.8 Å². The predicted molar refractivity (Wildman–Crippen MR) is 95.4 cm³/mol. The molecule has 0 saturated carbocycles. The van der Waals surface area contributed by atoms with E-state index in [-0.39, 0.29) is 6.10 Å². The van der Waals surface area contributed by atoms with E-state index in [9.17, 15) is 0 Å². The van der Waals surface area contributed by atoms with E-state index in [2.05, 4.69) is 46.1 Å². The van der Waals surface area contributed by atoms with Gasteiger partial charge in [-0.1, -0.05) is 12.1 Å². The normalized spacial score (nSPS) is 18.7. The van der Waals surface area contributed by atoms with Crippen molar-refractivity contribution in [3.05, 3.63) is 35.1 Å². The minimum atomic E-state index is -0.0182. The Bertz CT molecular complexity index is 701. The zero-order valence-electron chi connectivity index (χ0n) is 15.5. The molecule has 25 heavy (non-hydrogen) atoms. The number of aryl methyl sites for hydroxylation is 2. The molecule has 3 rings (SSSR count). The minimum Gasteiger partial charge on any atom is -0.369 e. The first-order chi connectivity index (χ1) is 12.0. The molecule has 1 aliphatic heterocycles. The Labute approximate surface area is 148 Å². The van der Waals surface area contributed by atoms with E-state index in [4.69, 9.17) is 9.26 Å². The maximum Gasteiger partial charge on any atom is 0.156 e. The highest BCUT2D eigenvalue weighted by molar-refractivity contribution is 5.37. The van der Waals surface area contributed by atoms with Crippen LogP contribution < -0.4 is 5.32 Å². The number of nitrogens with zero attached hydrogens (tertiary/aromatic N) is 4. The summed E-state index contributed by atoms with van der Waals surface area (Å²) < 4.78 is 11.3. The molecular formula is C18H27N5O2. The van der Waals surface area contributed by atoms with Crippen LogP contribution in [0, 0.1) is 6.92 Å². The quantitative estimate of drug-likeness (QED) is 0.862. The van der Waals surface area contributed by atoms with Gasteiger partial charge in [0.15, 0.2) is 5.76 Å². The van der Waals surface area contributed by atoms with Crippen molar-refractivity contribution in [1.29, 1.82) is 0 Å². The molecule has 1 N–H and O–H groups in total. The Kier molecular flexibility index (Phi) is 5.65. The summed E-state index contributed by atoms with van der Waals surface area (Å²) >= 11 is 0. The largest absolute Gasteiger partial charge is 0.369 e. The summed E-state index contributed by atoms with van der Waals surface area (Å²) in [6.07, 6.45) is 0.849. The Morgan fingerprint density at radius 1 is 1.32 bits per heavy atom. The van der Waals surface area contributed by atoms with E-state index in [0.29, 0.717) is 12.6 Å². The molecule has 0 aromatic carbocycles. The lowest BCUT2D eigenvalue weighted by atomic mass is 10.1. The second kappa shape index (κ2) is 7.93. The van der Waals surface area contributed by atoms with Crippen LogP contribution in [0.5, 0.6) is 0 Å². The molecule has 136 valence electrons. The molecule has 0 radical (unpaired) electrons. The molecule has 7 nitrogen and oxygen atoms in total. The predicted octanol–water partition coefficient (Wildman–Crippen LogP) is 2.73. The van der Waals surface area contributed by atoms with Crippen LogP contribution in [0.15, 0.2) is 16.7 Å². The first-order valence-electron chi connectivity index (χ1n) is 8.94. The Morgan fingerprint density at radius 3 is 2.88 bits per heavy atom. The van der Waals surface area contributed by atoms with Gasteiger partial charge in [-0.15, -0.1) is 0 Å². The second-order valence-electron chi connectivity index (χ2n) is 6.67. The molecule has 1 aliphatic rings. The van der Waals surface area contributed by atoms with Crippen LogP contribution in [-0.2, 0) is 17.7 Å². The number of morpholine rings is 1. The van der Waals surface area contributed by atoms with Gasteiger partial charge in [-0.3, -0.25) is 4.90 Å². The van der Waals surface area contributed by atoms with Crippen molar-refractivity contribution in [3.8, 4) is 0 Å². The molecule has 1 atom stereocenters. The fourth-order valence-electron chi connectivity index (χ4n) is 2.95. The molecule has 0 amide bonds. The van der Waals surface area contributed by atoms with E-state index >= 15 is 0 Å². The zero-order chi connectivity index (χ0) is 17.8. The topological polar surface area (TPSA) is 76.3 Å². The molecule has 1 fully saturated rings. The van der Waals surface area contributed by atoms with Crippen LogP contribution in [0.2, 0.25) is 0 Å². The highest BCUT2D eigenvalue weighted by Crippen LogP contribution is 2.24. The van der Waals surface area contributed by atoms with Gasteiger partial charge < -0.3 is 14.6 Å². The Balaban J connectivity index is 1.69. The van der Waals surface area contributed by atoms with Gasteiger partial charge in [-0.2, -0.15) is 0 Å². The molecule has 7 heteroatoms. The number of hydrogen-bond donors (Lipinski definition) is 1. The van der Waals surface area contributed by atoms with E-state index in [1.165, 1.54) is 0 Å². The molecule has 0 spiro atoms. The van der Waals surface area contributed by atoms with Gasteiger partial charge in [0.1, 0.15) is 17.7 Å². The van der Waals surface area contributed by atoms with Gasteiger partial charge in [0.05, 0.1) is 24.5 Å². The van der Waals surface area contributed by atoms with Crippen LogP contribution in [0.4, 0.5) is 5.82 Å². The van der Waals surface area contributed by atoms with Crippen molar-refractivity contribution in [2.75, 3.05) is 25.0 Å². The molecule has 1 saturated heterocycles. The Morgan fingerprint density at radius 2 is 2.16 bits per heavy atom. The molecule has 0 bridgehead atoms. The molecule has 3 heterocycles. The van der Waals surface area contributed by atoms with Crippen molar-refractivity contribution in [2.45, 2.75) is 52.8 Å². The van der Waals surface area contributed by atoms with Crippen molar-refractivity contribution in [2.24, 2.45) is 0 Å². The summed E-state index contributed by atoms with van der Waals surface area (Å²) in [6.45, 7) is 11.5. The standard InChI is InChI=1S/C18H27N5O2/c1-5-14-8-15(25-22-14)10-19-18-9-16(20-13(4)21-18)17-11-23(12(2)3)6-7-24-17/h8-9,12,17H,5-7,10-11H2,1-4H3,(H,19,20,21)/t17-/m0/s1. The number of rotatable bonds is 6. The molecule has 0 unspecified atom stereocenters. The van der Waals surface area contributed by atoms with Gasteiger partial charge in [0.25, 0.3) is 0 Å². The van der Waals surface area contributed by atoms with Gasteiger partial charge in [0.2, 0.25) is 0 Å². The molecule has 2 aromatic rings. The van der Waals surface area contributed by atoms with E-state index in [1.807, 2.05) is 19.1 Å². The second-order valence-corrected chi connectivity index (χ2v) is 6.67. The van der Waals surface area contributed by atoms with Crippen molar-refractivity contribution < 1.29 is 9.26 Å². The first-order valence-corrected chi connectivity index (χ1v) is 8.94. The molecular weight excluding hydrogens is 318 g/mol. The van der Waals surface area contributed by atoms with Crippen LogP contribution in [0.3, 0.4) is 0 Å². The summed E-state index contributed by atoms with van der Waals surface area (Å²) in [5.41, 5.74) is 1.88. The lowest BCUT2D eigenvalue weighted by Crippen LogP contribution is -2.42. The SMILES string of the molecule is CCc1cc(CNc2cc([C@@H]3CN(C(C)C)CCO3)nc(C)n2)on1. The average Bonchev–Trinajstić information content (AvgIpc) is 3.08. The van der Waals surface area contributed by atoms with Crippen molar-refractivity contribution >= 4 is 5.82 Å². The van der Waals surface area contributed by atoms with Crippen LogP contribution >= 0.6 is 0 Å². The van der Waals surface area contributed by atoms with Gasteiger partial charge in [-0.05, 0) is 27.2 Å². The third-order valence-corrected chi connectivity index (χ3v) is 4.43. The van der Waals surface area contributed by atoms with Crippen LogP contribution in [0.25, 0.3) is 0 Å². The number of hydrogen-bond acceptors (Lipinski definition) is 7. The fourth-order valence-corrected chi connectivity index (χ4v) is 2.95. The van der Waals surface area contributed by atoms with Crippen LogP contribution in [0.1, 0.15) is 49.8 Å². The zero-order valence-corrected chi connectivity index (χ0v) is 15.5. The summed E-state index contributed by atoms with van der Waals surface area (Å²) in [5, 5.41) is 7.31.